The summed E-state index contributed by atoms with van der Waals surface area (Å²) in [5.74, 6) is 0. The molecule has 1 rings (SSSR count). The molecule has 0 saturated carbocycles. The first-order valence-corrected chi connectivity index (χ1v) is 3.68. The highest BCUT2D eigenvalue weighted by molar-refractivity contribution is 4.92. The predicted octanol–water partition coefficient (Wildman–Crippen LogP) is 2.07. The van der Waals surface area contributed by atoms with E-state index in [0.29, 0.717) is 0 Å². The fraction of sp³-hybridized carbons (Fsp3) is 0.500. The van der Waals surface area contributed by atoms with Gasteiger partial charge in [-0.3, -0.25) is 9.97 Å². The monoisotopic (exact) mass is 138 g/mol. The first kappa shape index (κ1) is 9.08. The van der Waals surface area contributed by atoms with E-state index in [-0.39, 0.29) is 0 Å². The zero-order chi connectivity index (χ0) is 7.82. The zero-order valence-corrected chi connectivity index (χ0v) is 6.83. The van der Waals surface area contributed by atoms with Crippen LogP contribution in [0.3, 0.4) is 0 Å². The largest absolute Gasteiger partial charge is 0.261 e. The lowest BCUT2D eigenvalue weighted by Gasteiger charge is -1.88. The minimum Gasteiger partial charge on any atom is -0.261 e. The van der Waals surface area contributed by atoms with E-state index in [1.54, 1.807) is 18.6 Å². The van der Waals surface area contributed by atoms with E-state index in [2.05, 4.69) is 16.9 Å². The molecule has 2 nitrogen and oxygen atoms in total. The Bertz CT molecular complexity index is 149. The third-order valence-corrected chi connectivity index (χ3v) is 0.979. The minimum atomic E-state index is 0.966. The zero-order valence-electron chi connectivity index (χ0n) is 6.83. The lowest BCUT2D eigenvalue weighted by molar-refractivity contribution is 1.000. The molecule has 0 aliphatic carbocycles. The van der Waals surface area contributed by atoms with Gasteiger partial charge in [-0.25, -0.2) is 0 Å². The van der Waals surface area contributed by atoms with Crippen molar-refractivity contribution in [2.24, 2.45) is 0 Å². The van der Waals surface area contributed by atoms with Gasteiger partial charge >= 0.3 is 0 Å². The van der Waals surface area contributed by atoms with Crippen molar-refractivity contribution in [2.75, 3.05) is 0 Å². The van der Waals surface area contributed by atoms with Crippen LogP contribution in [0.2, 0.25) is 0 Å². The van der Waals surface area contributed by atoms with E-state index in [9.17, 15) is 0 Å². The molecule has 0 aliphatic heterocycles. The molecule has 56 valence electrons. The van der Waals surface area contributed by atoms with Gasteiger partial charge in [0.05, 0.1) is 5.69 Å². The standard InChI is InChI=1S/C6H8N2.C2H6/c1-2-6-5-7-3-4-8-6;1-2/h3-5H,2H2,1H3;1-2H3. The van der Waals surface area contributed by atoms with Gasteiger partial charge in [0.15, 0.2) is 0 Å². The van der Waals surface area contributed by atoms with E-state index in [0.717, 1.165) is 12.1 Å². The summed E-state index contributed by atoms with van der Waals surface area (Å²) in [6.07, 6.45) is 6.13. The number of nitrogens with zero attached hydrogens (tertiary/aromatic N) is 2. The van der Waals surface area contributed by atoms with Gasteiger partial charge in [-0.1, -0.05) is 20.8 Å². The van der Waals surface area contributed by atoms with Crippen molar-refractivity contribution in [3.63, 3.8) is 0 Å². The van der Waals surface area contributed by atoms with Crippen LogP contribution in [0.1, 0.15) is 26.5 Å². The lowest BCUT2D eigenvalue weighted by Crippen LogP contribution is -1.84. The molecule has 10 heavy (non-hydrogen) atoms. The maximum absolute atomic E-state index is 4.03. The van der Waals surface area contributed by atoms with Gasteiger partial charge in [0.1, 0.15) is 0 Å². The highest BCUT2D eigenvalue weighted by atomic mass is 14.8. The molecule has 0 bridgehead atoms. The number of aromatic nitrogens is 2. The van der Waals surface area contributed by atoms with Crippen molar-refractivity contribution in [2.45, 2.75) is 27.2 Å². The van der Waals surface area contributed by atoms with Crippen LogP contribution < -0.4 is 0 Å². The molecular weight excluding hydrogens is 124 g/mol. The quantitative estimate of drug-likeness (QED) is 0.593. The number of rotatable bonds is 1. The molecule has 0 spiro atoms. The molecular formula is C8H14N2. The molecule has 0 saturated heterocycles. The van der Waals surface area contributed by atoms with E-state index in [1.165, 1.54) is 0 Å². The molecule has 0 unspecified atom stereocenters. The van der Waals surface area contributed by atoms with Gasteiger partial charge in [0.2, 0.25) is 0 Å². The molecule has 0 amide bonds. The first-order valence-electron chi connectivity index (χ1n) is 3.68. The van der Waals surface area contributed by atoms with Crippen molar-refractivity contribution in [3.8, 4) is 0 Å². The fourth-order valence-electron chi connectivity index (χ4n) is 0.513. The van der Waals surface area contributed by atoms with Crippen LogP contribution in [-0.2, 0) is 6.42 Å². The van der Waals surface area contributed by atoms with Crippen LogP contribution in [0.5, 0.6) is 0 Å². The SMILES string of the molecule is CC.CCc1cnccn1. The van der Waals surface area contributed by atoms with E-state index < -0.39 is 0 Å². The van der Waals surface area contributed by atoms with Crippen LogP contribution in [-0.4, -0.2) is 9.97 Å². The maximum Gasteiger partial charge on any atom is 0.0583 e. The summed E-state index contributed by atoms with van der Waals surface area (Å²) in [4.78, 5) is 7.93. The number of hydrogen-bond donors (Lipinski definition) is 0. The molecule has 0 atom stereocenters. The summed E-state index contributed by atoms with van der Waals surface area (Å²) in [7, 11) is 0. The summed E-state index contributed by atoms with van der Waals surface area (Å²) in [6, 6.07) is 0. The third kappa shape index (κ3) is 3.17. The molecule has 1 aromatic rings. The van der Waals surface area contributed by atoms with Gasteiger partial charge in [-0.05, 0) is 6.42 Å². The summed E-state index contributed by atoms with van der Waals surface area (Å²) < 4.78 is 0. The maximum atomic E-state index is 4.03. The second-order valence-corrected chi connectivity index (χ2v) is 1.55. The van der Waals surface area contributed by atoms with Gasteiger partial charge in [-0.15, -0.1) is 0 Å². The molecule has 1 heterocycles. The van der Waals surface area contributed by atoms with Crippen molar-refractivity contribution in [1.29, 1.82) is 0 Å². The molecule has 1 aromatic heterocycles. The summed E-state index contributed by atoms with van der Waals surface area (Å²) in [6.45, 7) is 6.06. The normalized spacial score (nSPS) is 7.90. The minimum absolute atomic E-state index is 0.966. The smallest absolute Gasteiger partial charge is 0.0583 e. The average Bonchev–Trinajstić information content (AvgIpc) is 2.10. The van der Waals surface area contributed by atoms with Crippen LogP contribution >= 0.6 is 0 Å². The van der Waals surface area contributed by atoms with E-state index in [1.807, 2.05) is 13.8 Å². The number of hydrogen-bond acceptors (Lipinski definition) is 2. The fourth-order valence-corrected chi connectivity index (χ4v) is 0.513. The van der Waals surface area contributed by atoms with Crippen molar-refractivity contribution < 1.29 is 0 Å². The highest BCUT2D eigenvalue weighted by Crippen LogP contribution is 1.87. The second-order valence-electron chi connectivity index (χ2n) is 1.55. The Hall–Kier alpha value is -0.920. The van der Waals surface area contributed by atoms with Gasteiger partial charge in [0.25, 0.3) is 0 Å². The average molecular weight is 138 g/mol. The Balaban J connectivity index is 0.000000371. The van der Waals surface area contributed by atoms with Crippen LogP contribution in [0.4, 0.5) is 0 Å². The van der Waals surface area contributed by atoms with E-state index in [4.69, 9.17) is 0 Å². The Morgan fingerprint density at radius 1 is 1.30 bits per heavy atom. The van der Waals surface area contributed by atoms with Crippen LogP contribution in [0.15, 0.2) is 18.6 Å². The summed E-state index contributed by atoms with van der Waals surface area (Å²) in [5, 5.41) is 0. The second kappa shape index (κ2) is 6.20. The van der Waals surface area contributed by atoms with Crippen LogP contribution in [0, 0.1) is 0 Å². The van der Waals surface area contributed by atoms with Gasteiger partial charge in [0, 0.05) is 18.6 Å². The first-order chi connectivity index (χ1) is 4.93. The lowest BCUT2D eigenvalue weighted by atomic mass is 10.4. The molecule has 0 radical (unpaired) electrons. The van der Waals surface area contributed by atoms with Crippen molar-refractivity contribution >= 4 is 0 Å². The Kier molecular flexibility index (Phi) is 5.63. The number of aryl methyl sites for hydroxylation is 1. The molecule has 0 N–H and O–H groups in total. The van der Waals surface area contributed by atoms with E-state index >= 15 is 0 Å². The van der Waals surface area contributed by atoms with Gasteiger partial charge < -0.3 is 0 Å². The van der Waals surface area contributed by atoms with Crippen LogP contribution in [0.25, 0.3) is 0 Å². The Morgan fingerprint density at radius 3 is 2.30 bits per heavy atom. The Labute approximate surface area is 62.3 Å². The molecule has 2 heteroatoms. The van der Waals surface area contributed by atoms with Crippen molar-refractivity contribution in [3.05, 3.63) is 24.3 Å². The van der Waals surface area contributed by atoms with Crippen molar-refractivity contribution in [1.82, 2.24) is 9.97 Å². The highest BCUT2D eigenvalue weighted by Gasteiger charge is 1.82. The summed E-state index contributed by atoms with van der Waals surface area (Å²) >= 11 is 0. The molecule has 0 fully saturated rings. The topological polar surface area (TPSA) is 25.8 Å². The molecule has 0 aromatic carbocycles. The predicted molar refractivity (Wildman–Crippen MR) is 42.8 cm³/mol. The van der Waals surface area contributed by atoms with Gasteiger partial charge in [-0.2, -0.15) is 0 Å². The summed E-state index contributed by atoms with van der Waals surface area (Å²) in [5.41, 5.74) is 1.05. The Morgan fingerprint density at radius 2 is 2.00 bits per heavy atom. The molecule has 0 aliphatic rings. The third-order valence-electron chi connectivity index (χ3n) is 0.979.